The minimum absolute atomic E-state index is 0.00614. The number of carbonyl (C=O) groups is 2. The van der Waals surface area contributed by atoms with Gasteiger partial charge in [0.2, 0.25) is 0 Å². The van der Waals surface area contributed by atoms with Crippen LogP contribution in [0.15, 0.2) is 53.4 Å². The number of rotatable bonds is 4. The van der Waals surface area contributed by atoms with Crippen LogP contribution in [0.25, 0.3) is 0 Å². The Morgan fingerprint density at radius 1 is 1.14 bits per heavy atom. The SMILES string of the molecule is C[C@]12C=CC(=O)C=C1CC[C@@H]1[C@@H]2CC[C@]2(C)C(c3csc(NC(=O)c4ccc([N+](=O)[O-])cc4)n3)CC[C@@H]12. The van der Waals surface area contributed by atoms with Gasteiger partial charge in [-0.05, 0) is 86.0 Å². The van der Waals surface area contributed by atoms with Crippen molar-refractivity contribution in [2.45, 2.75) is 58.3 Å². The van der Waals surface area contributed by atoms with E-state index in [1.165, 1.54) is 47.6 Å². The van der Waals surface area contributed by atoms with E-state index in [1.54, 1.807) is 6.08 Å². The highest BCUT2D eigenvalue weighted by atomic mass is 32.1. The van der Waals surface area contributed by atoms with Crippen molar-refractivity contribution < 1.29 is 14.5 Å². The van der Waals surface area contributed by atoms with Gasteiger partial charge in [-0.3, -0.25) is 25.0 Å². The summed E-state index contributed by atoms with van der Waals surface area (Å²) in [5.41, 5.74) is 2.91. The van der Waals surface area contributed by atoms with Crippen LogP contribution in [0.2, 0.25) is 0 Å². The van der Waals surface area contributed by atoms with Gasteiger partial charge in [0.1, 0.15) is 0 Å². The number of non-ortho nitro benzene ring substituents is 1. The zero-order valence-corrected chi connectivity index (χ0v) is 21.9. The van der Waals surface area contributed by atoms with E-state index in [-0.39, 0.29) is 28.2 Å². The summed E-state index contributed by atoms with van der Waals surface area (Å²) in [7, 11) is 0. The van der Waals surface area contributed by atoms with Crippen LogP contribution in [0.5, 0.6) is 0 Å². The van der Waals surface area contributed by atoms with Crippen LogP contribution in [0.1, 0.15) is 74.3 Å². The molecule has 6 rings (SSSR count). The van der Waals surface area contributed by atoms with Gasteiger partial charge in [-0.15, -0.1) is 11.3 Å². The van der Waals surface area contributed by atoms with E-state index in [0.29, 0.717) is 34.4 Å². The summed E-state index contributed by atoms with van der Waals surface area (Å²) in [6.45, 7) is 4.79. The number of hydrogen-bond donors (Lipinski definition) is 1. The fraction of sp³-hybridized carbons (Fsp3) is 0.483. The number of hydrogen-bond acceptors (Lipinski definition) is 6. The van der Waals surface area contributed by atoms with Crippen molar-refractivity contribution >= 4 is 33.8 Å². The topological polar surface area (TPSA) is 102 Å². The van der Waals surface area contributed by atoms with Gasteiger partial charge < -0.3 is 0 Å². The predicted octanol–water partition coefficient (Wildman–Crippen LogP) is 6.70. The Bertz CT molecular complexity index is 1350. The molecule has 0 spiro atoms. The Hall–Kier alpha value is -3.13. The van der Waals surface area contributed by atoms with Crippen LogP contribution >= 0.6 is 11.3 Å². The average molecular weight is 518 g/mol. The molecule has 0 bridgehead atoms. The summed E-state index contributed by atoms with van der Waals surface area (Å²) in [6, 6.07) is 5.60. The number of benzene rings is 1. The van der Waals surface area contributed by atoms with E-state index >= 15 is 0 Å². The number of nitro benzene ring substituents is 1. The second-order valence-corrected chi connectivity index (χ2v) is 12.5. The standard InChI is InChI=1S/C29H31N3O4S/c1-28-13-11-20(33)15-18(28)5-8-21-22-9-10-24(29(22,2)14-12-23(21)28)25-16-37-27(30-25)31-26(34)17-3-6-19(7-4-17)32(35)36/h3-4,6-7,11,13,15-16,21-24H,5,8-10,12,14H2,1-2H3,(H,30,31,34)/t21-,22-,23-,24?,28-,29-/m0/s1. The maximum atomic E-state index is 12.7. The molecule has 1 amide bonds. The number of nitrogens with zero attached hydrogens (tertiary/aromatic N) is 2. The van der Waals surface area contributed by atoms with Gasteiger partial charge in [-0.2, -0.15) is 0 Å². The van der Waals surface area contributed by atoms with Gasteiger partial charge >= 0.3 is 0 Å². The third-order valence-electron chi connectivity index (χ3n) is 10.00. The number of allylic oxidation sites excluding steroid dienone is 4. The van der Waals surface area contributed by atoms with Crippen molar-refractivity contribution in [3.05, 3.63) is 74.8 Å². The number of aromatic nitrogens is 1. The molecule has 2 aromatic rings. The van der Waals surface area contributed by atoms with Crippen LogP contribution in [0.4, 0.5) is 10.8 Å². The van der Waals surface area contributed by atoms with E-state index in [2.05, 4.69) is 30.6 Å². The Labute approximate surface area is 220 Å². The van der Waals surface area contributed by atoms with Gasteiger partial charge in [0.25, 0.3) is 11.6 Å². The first-order valence-electron chi connectivity index (χ1n) is 13.1. The molecule has 0 aliphatic heterocycles. The lowest BCUT2D eigenvalue weighted by Gasteiger charge is -2.57. The highest BCUT2D eigenvalue weighted by molar-refractivity contribution is 7.14. The lowest BCUT2D eigenvalue weighted by molar-refractivity contribution is -0.384. The van der Waals surface area contributed by atoms with Crippen molar-refractivity contribution in [2.24, 2.45) is 28.6 Å². The largest absolute Gasteiger partial charge is 0.298 e. The molecule has 1 heterocycles. The zero-order valence-electron chi connectivity index (χ0n) is 21.1. The Morgan fingerprint density at radius 3 is 2.68 bits per heavy atom. The molecule has 4 aliphatic rings. The highest BCUT2D eigenvalue weighted by Crippen LogP contribution is 2.67. The molecule has 1 N–H and O–H groups in total. The van der Waals surface area contributed by atoms with Crippen molar-refractivity contribution in [2.75, 3.05) is 5.32 Å². The van der Waals surface area contributed by atoms with Crippen LogP contribution < -0.4 is 5.32 Å². The van der Waals surface area contributed by atoms with Crippen LogP contribution in [-0.4, -0.2) is 21.6 Å². The molecular formula is C29H31N3O4S. The number of carbonyl (C=O) groups excluding carboxylic acids is 2. The van der Waals surface area contributed by atoms with Crippen molar-refractivity contribution in [3.63, 3.8) is 0 Å². The molecule has 6 atom stereocenters. The van der Waals surface area contributed by atoms with E-state index in [4.69, 9.17) is 4.98 Å². The lowest BCUT2D eigenvalue weighted by Crippen LogP contribution is -2.49. The molecule has 3 saturated carbocycles. The normalized spacial score (nSPS) is 34.2. The highest BCUT2D eigenvalue weighted by Gasteiger charge is 2.59. The molecule has 0 saturated heterocycles. The van der Waals surface area contributed by atoms with Gasteiger partial charge in [-0.1, -0.05) is 25.5 Å². The first kappa shape index (κ1) is 24.2. The number of thiazole rings is 1. The average Bonchev–Trinajstić information content (AvgIpc) is 3.48. The summed E-state index contributed by atoms with van der Waals surface area (Å²) < 4.78 is 0. The molecule has 0 radical (unpaired) electrons. The van der Waals surface area contributed by atoms with Crippen LogP contribution in [0.3, 0.4) is 0 Å². The molecular weight excluding hydrogens is 486 g/mol. The molecule has 1 aromatic carbocycles. The van der Waals surface area contributed by atoms with Gasteiger partial charge in [0.15, 0.2) is 10.9 Å². The van der Waals surface area contributed by atoms with Crippen LogP contribution in [-0.2, 0) is 4.79 Å². The molecule has 1 aromatic heterocycles. The van der Waals surface area contributed by atoms with Crippen molar-refractivity contribution in [1.82, 2.24) is 4.98 Å². The summed E-state index contributed by atoms with van der Waals surface area (Å²) in [4.78, 5) is 40.0. The Morgan fingerprint density at radius 2 is 1.92 bits per heavy atom. The third-order valence-corrected chi connectivity index (χ3v) is 10.8. The monoisotopic (exact) mass is 517 g/mol. The number of nitro groups is 1. The third kappa shape index (κ3) is 3.88. The van der Waals surface area contributed by atoms with E-state index in [9.17, 15) is 19.7 Å². The fourth-order valence-corrected chi connectivity index (χ4v) is 8.85. The second-order valence-electron chi connectivity index (χ2n) is 11.6. The number of ketones is 1. The Kier molecular flexibility index (Phi) is 5.71. The number of anilines is 1. The maximum absolute atomic E-state index is 12.7. The Balaban J connectivity index is 1.18. The maximum Gasteiger partial charge on any atom is 0.269 e. The molecule has 7 nitrogen and oxygen atoms in total. The first-order valence-corrected chi connectivity index (χ1v) is 14.0. The molecule has 1 unspecified atom stereocenters. The smallest absolute Gasteiger partial charge is 0.269 e. The molecule has 8 heteroatoms. The van der Waals surface area contributed by atoms with Crippen molar-refractivity contribution in [1.29, 1.82) is 0 Å². The van der Waals surface area contributed by atoms with E-state index in [0.717, 1.165) is 37.8 Å². The first-order chi connectivity index (χ1) is 17.7. The summed E-state index contributed by atoms with van der Waals surface area (Å²) in [5.74, 6) is 2.07. The second kappa shape index (κ2) is 8.72. The van der Waals surface area contributed by atoms with E-state index in [1.807, 2.05) is 6.08 Å². The van der Waals surface area contributed by atoms with Gasteiger partial charge in [-0.25, -0.2) is 4.98 Å². The number of nitrogens with one attached hydrogen (secondary N) is 1. The molecule has 4 aliphatic carbocycles. The summed E-state index contributed by atoms with van der Waals surface area (Å²) in [6.07, 6.45) is 12.7. The van der Waals surface area contributed by atoms with Gasteiger partial charge in [0.05, 0.1) is 10.6 Å². The van der Waals surface area contributed by atoms with Crippen LogP contribution in [0, 0.1) is 38.7 Å². The summed E-state index contributed by atoms with van der Waals surface area (Å²) in [5, 5.41) is 16.4. The van der Waals surface area contributed by atoms with E-state index < -0.39 is 4.92 Å². The molecule has 192 valence electrons. The lowest BCUT2D eigenvalue weighted by atomic mass is 9.47. The predicted molar refractivity (Wildman–Crippen MR) is 143 cm³/mol. The number of fused-ring (bicyclic) bond motifs is 5. The zero-order chi connectivity index (χ0) is 25.9. The quantitative estimate of drug-likeness (QED) is 0.359. The molecule has 37 heavy (non-hydrogen) atoms. The molecule has 3 fully saturated rings. The van der Waals surface area contributed by atoms with Crippen molar-refractivity contribution in [3.8, 4) is 0 Å². The number of amides is 1. The fourth-order valence-electron chi connectivity index (χ4n) is 8.09. The minimum Gasteiger partial charge on any atom is -0.298 e. The minimum atomic E-state index is -0.478. The van der Waals surface area contributed by atoms with Gasteiger partial charge in [0, 0.05) is 34.4 Å². The summed E-state index contributed by atoms with van der Waals surface area (Å²) >= 11 is 1.44.